The Hall–Kier alpha value is -1.21. The van der Waals surface area contributed by atoms with Crippen molar-refractivity contribution in [2.24, 2.45) is 0 Å². The molecule has 1 fully saturated rings. The van der Waals surface area contributed by atoms with Crippen molar-refractivity contribution in [1.82, 2.24) is 15.2 Å². The minimum atomic E-state index is -0.308. The molecule has 2 atom stereocenters. The van der Waals surface area contributed by atoms with Gasteiger partial charge in [0.05, 0.1) is 21.3 Å². The fourth-order valence-electron chi connectivity index (χ4n) is 2.74. The Morgan fingerprint density at radius 1 is 1.55 bits per heavy atom. The Labute approximate surface area is 134 Å². The molecule has 6 heteroatoms. The average Bonchev–Trinajstić information content (AvgIpc) is 2.89. The second-order valence-corrected chi connectivity index (χ2v) is 6.88. The Balaban J connectivity index is 1.67. The molecule has 120 valence electrons. The highest BCUT2D eigenvalue weighted by atomic mass is 32.1. The highest BCUT2D eigenvalue weighted by Crippen LogP contribution is 2.26. The summed E-state index contributed by atoms with van der Waals surface area (Å²) in [5.41, 5.74) is 1.01. The lowest BCUT2D eigenvalue weighted by atomic mass is 10.3. The van der Waals surface area contributed by atoms with E-state index in [1.807, 2.05) is 19.1 Å². The van der Waals surface area contributed by atoms with Crippen LogP contribution in [0.25, 0.3) is 10.2 Å². The van der Waals surface area contributed by atoms with Crippen LogP contribution in [0.5, 0.6) is 5.75 Å². The molecule has 0 aliphatic carbocycles. The predicted octanol–water partition coefficient (Wildman–Crippen LogP) is 1.85. The maximum absolute atomic E-state index is 9.51. The first-order chi connectivity index (χ1) is 10.6. The third kappa shape index (κ3) is 3.76. The van der Waals surface area contributed by atoms with Gasteiger partial charge in [-0.2, -0.15) is 0 Å². The lowest BCUT2D eigenvalue weighted by molar-refractivity contribution is 0.0463. The van der Waals surface area contributed by atoms with E-state index >= 15 is 0 Å². The number of β-amino-alcohol motifs (C(OH)–C–C–N with tert-alkyl or cyclic N) is 1. The van der Waals surface area contributed by atoms with Crippen LogP contribution in [-0.4, -0.2) is 53.5 Å². The van der Waals surface area contributed by atoms with E-state index in [0.29, 0.717) is 6.54 Å². The van der Waals surface area contributed by atoms with Gasteiger partial charge in [0.15, 0.2) is 6.23 Å². The molecule has 0 saturated carbocycles. The smallest absolute Gasteiger partial charge is 0.163 e. The molecule has 1 aliphatic heterocycles. The molecule has 1 aromatic heterocycles. The number of fused-ring (bicyclic) bond motifs is 1. The lowest BCUT2D eigenvalue weighted by Gasteiger charge is -2.34. The van der Waals surface area contributed by atoms with Crippen LogP contribution >= 0.6 is 11.3 Å². The zero-order valence-corrected chi connectivity index (χ0v) is 13.9. The molecule has 0 spiro atoms. The molecule has 0 bridgehead atoms. The molecular weight excluding hydrogens is 298 g/mol. The molecule has 5 nitrogen and oxygen atoms in total. The number of piperazine rings is 1. The van der Waals surface area contributed by atoms with Crippen molar-refractivity contribution in [2.45, 2.75) is 32.6 Å². The molecule has 22 heavy (non-hydrogen) atoms. The van der Waals surface area contributed by atoms with Gasteiger partial charge in [0.25, 0.3) is 0 Å². The molecule has 1 aromatic carbocycles. The summed E-state index contributed by atoms with van der Waals surface area (Å²) >= 11 is 1.74. The molecule has 1 saturated heterocycles. The van der Waals surface area contributed by atoms with Gasteiger partial charge in [0.2, 0.25) is 0 Å². The second-order valence-electron chi connectivity index (χ2n) is 5.76. The number of aliphatic hydroxyl groups excluding tert-OH is 1. The molecule has 2 aromatic rings. The normalized spacial score (nSPS) is 21.1. The zero-order valence-electron chi connectivity index (χ0n) is 13.1. The summed E-state index contributed by atoms with van der Waals surface area (Å²) in [5, 5.41) is 14.0. The summed E-state index contributed by atoms with van der Waals surface area (Å²) < 4.78 is 7.25. The first kappa shape index (κ1) is 15.7. The van der Waals surface area contributed by atoms with E-state index in [4.69, 9.17) is 4.74 Å². The minimum absolute atomic E-state index is 0.0470. The largest absolute Gasteiger partial charge is 0.474 e. The number of ether oxygens (including phenoxy) is 1. The van der Waals surface area contributed by atoms with Gasteiger partial charge in [0, 0.05) is 32.2 Å². The van der Waals surface area contributed by atoms with E-state index in [-0.39, 0.29) is 12.3 Å². The maximum atomic E-state index is 9.51. The van der Waals surface area contributed by atoms with Gasteiger partial charge in [0.1, 0.15) is 5.75 Å². The van der Waals surface area contributed by atoms with E-state index in [0.717, 1.165) is 42.3 Å². The number of hydrogen-bond acceptors (Lipinski definition) is 6. The lowest BCUT2D eigenvalue weighted by Crippen LogP contribution is -2.54. The monoisotopic (exact) mass is 321 g/mol. The molecule has 2 N–H and O–H groups in total. The minimum Gasteiger partial charge on any atom is -0.474 e. The highest BCUT2D eigenvalue weighted by molar-refractivity contribution is 7.18. The number of benzene rings is 1. The number of aromatic nitrogens is 1. The van der Waals surface area contributed by atoms with Crippen LogP contribution in [-0.2, 0) is 6.42 Å². The van der Waals surface area contributed by atoms with Crippen LogP contribution in [0.4, 0.5) is 0 Å². The molecular formula is C16H23N3O2S. The van der Waals surface area contributed by atoms with Crippen molar-refractivity contribution in [2.75, 3.05) is 26.2 Å². The van der Waals surface area contributed by atoms with Crippen LogP contribution in [0.15, 0.2) is 18.2 Å². The van der Waals surface area contributed by atoms with Crippen LogP contribution < -0.4 is 10.1 Å². The van der Waals surface area contributed by atoms with E-state index in [1.54, 1.807) is 11.3 Å². The first-order valence-corrected chi connectivity index (χ1v) is 8.65. The van der Waals surface area contributed by atoms with E-state index in [9.17, 15) is 5.11 Å². The first-order valence-electron chi connectivity index (χ1n) is 7.84. The number of aryl methyl sites for hydroxylation is 1. The SMILES string of the molecule is CCc1nc2cc(OC3CN(CC(C)O)CCN3)ccc2s1. The second kappa shape index (κ2) is 6.91. The number of rotatable bonds is 5. The van der Waals surface area contributed by atoms with E-state index in [1.165, 1.54) is 4.70 Å². The summed E-state index contributed by atoms with van der Waals surface area (Å²) in [7, 11) is 0. The van der Waals surface area contributed by atoms with Crippen LogP contribution in [0.3, 0.4) is 0 Å². The number of nitrogens with zero attached hydrogens (tertiary/aromatic N) is 2. The zero-order chi connectivity index (χ0) is 15.5. The number of aliphatic hydroxyl groups is 1. The average molecular weight is 321 g/mol. The van der Waals surface area contributed by atoms with E-state index in [2.05, 4.69) is 28.2 Å². The third-order valence-corrected chi connectivity index (χ3v) is 4.91. The van der Waals surface area contributed by atoms with Crippen molar-refractivity contribution >= 4 is 21.6 Å². The topological polar surface area (TPSA) is 57.6 Å². The summed E-state index contributed by atoms with van der Waals surface area (Å²) in [4.78, 5) is 6.84. The third-order valence-electron chi connectivity index (χ3n) is 3.73. The Kier molecular flexibility index (Phi) is 4.93. The van der Waals surface area contributed by atoms with Crippen molar-refractivity contribution in [3.63, 3.8) is 0 Å². The van der Waals surface area contributed by atoms with Gasteiger partial charge in [-0.1, -0.05) is 6.92 Å². The van der Waals surface area contributed by atoms with Gasteiger partial charge in [-0.3, -0.25) is 10.2 Å². The Morgan fingerprint density at radius 2 is 2.41 bits per heavy atom. The fraction of sp³-hybridized carbons (Fsp3) is 0.562. The van der Waals surface area contributed by atoms with Crippen LogP contribution in [0.1, 0.15) is 18.9 Å². The summed E-state index contributed by atoms with van der Waals surface area (Å²) in [6, 6.07) is 6.10. The molecule has 0 radical (unpaired) electrons. The van der Waals surface area contributed by atoms with Gasteiger partial charge in [-0.25, -0.2) is 4.98 Å². The number of nitrogens with one attached hydrogen (secondary N) is 1. The standard InChI is InChI=1S/C16H23N3O2S/c1-3-16-18-13-8-12(4-5-14(13)22-16)21-15-10-19(7-6-17-15)9-11(2)20/h4-5,8,11,15,17,20H,3,6-7,9-10H2,1-2H3. The molecule has 2 unspecified atom stereocenters. The van der Waals surface area contributed by atoms with Crippen molar-refractivity contribution in [3.05, 3.63) is 23.2 Å². The van der Waals surface area contributed by atoms with Crippen LogP contribution in [0.2, 0.25) is 0 Å². The molecule has 1 aliphatic rings. The van der Waals surface area contributed by atoms with Crippen molar-refractivity contribution in [1.29, 1.82) is 0 Å². The van der Waals surface area contributed by atoms with Crippen molar-refractivity contribution in [3.8, 4) is 5.75 Å². The van der Waals surface area contributed by atoms with Crippen molar-refractivity contribution < 1.29 is 9.84 Å². The van der Waals surface area contributed by atoms with Gasteiger partial charge in [-0.05, 0) is 25.5 Å². The Morgan fingerprint density at radius 3 is 3.18 bits per heavy atom. The van der Waals surface area contributed by atoms with E-state index < -0.39 is 0 Å². The maximum Gasteiger partial charge on any atom is 0.163 e. The van der Waals surface area contributed by atoms with Gasteiger partial charge in [-0.15, -0.1) is 11.3 Å². The number of thiazole rings is 1. The highest BCUT2D eigenvalue weighted by Gasteiger charge is 2.21. The predicted molar refractivity (Wildman–Crippen MR) is 89.5 cm³/mol. The summed E-state index contributed by atoms with van der Waals surface area (Å²) in [5.74, 6) is 0.844. The fourth-order valence-corrected chi connectivity index (χ4v) is 3.62. The molecule has 3 rings (SSSR count). The van der Waals surface area contributed by atoms with Gasteiger partial charge < -0.3 is 9.84 Å². The molecule has 0 amide bonds. The Bertz CT molecular complexity index is 629. The quantitative estimate of drug-likeness (QED) is 0.880. The van der Waals surface area contributed by atoms with Crippen LogP contribution in [0, 0.1) is 0 Å². The molecule has 2 heterocycles. The summed E-state index contributed by atoms with van der Waals surface area (Å²) in [6.07, 6.45) is 0.611. The summed E-state index contributed by atoms with van der Waals surface area (Å²) in [6.45, 7) is 7.22. The van der Waals surface area contributed by atoms with Gasteiger partial charge >= 0.3 is 0 Å². The number of hydrogen-bond donors (Lipinski definition) is 2.